The van der Waals surface area contributed by atoms with E-state index in [1.54, 1.807) is 0 Å². The molecule has 0 aromatic rings. The number of carbonyl (C=O) groups is 1. The van der Waals surface area contributed by atoms with Crippen molar-refractivity contribution < 1.29 is 9.53 Å². The van der Waals surface area contributed by atoms with Gasteiger partial charge in [-0.15, -0.1) is 0 Å². The van der Waals surface area contributed by atoms with Crippen LogP contribution in [0, 0.1) is 0 Å². The van der Waals surface area contributed by atoms with Crippen LogP contribution < -0.4 is 0 Å². The van der Waals surface area contributed by atoms with Gasteiger partial charge in [0.2, 0.25) is 0 Å². The number of nitrogens with zero attached hydrogens (tertiary/aromatic N) is 1. The second-order valence-electron chi connectivity index (χ2n) is 13.0. The summed E-state index contributed by atoms with van der Waals surface area (Å²) in [5.41, 5.74) is 0. The zero-order valence-electron chi connectivity index (χ0n) is 31.0. The largest absolute Gasteiger partial charge is 0.431 e. The third-order valence-corrected chi connectivity index (χ3v) is 8.08. The van der Waals surface area contributed by atoms with Crippen LogP contribution in [0.15, 0.2) is 72.6 Å². The van der Waals surface area contributed by atoms with Crippen molar-refractivity contribution >= 4 is 5.97 Å². The van der Waals surface area contributed by atoms with Crippen molar-refractivity contribution in [1.82, 2.24) is 4.90 Å². The molecule has 0 heterocycles. The van der Waals surface area contributed by atoms with Gasteiger partial charge in [0.15, 0.2) is 0 Å². The Bertz CT molecular complexity index is 830. The molecule has 0 aromatic carbocycles. The van der Waals surface area contributed by atoms with E-state index in [4.69, 9.17) is 4.74 Å². The number of unbranched alkanes of at least 4 members (excludes halogenated alkanes) is 15. The maximum absolute atomic E-state index is 12.5. The zero-order valence-corrected chi connectivity index (χ0v) is 31.0. The molecule has 0 unspecified atom stereocenters. The fraction of sp³-hybridized carbons (Fsp3) is 0.698. The molecule has 0 aliphatic carbocycles. The lowest BCUT2D eigenvalue weighted by Crippen LogP contribution is -2.15. The molecule has 0 radical (unpaired) electrons. The Morgan fingerprint density at radius 3 is 1.48 bits per heavy atom. The average molecular weight is 638 g/mol. The molecule has 0 rings (SSSR count). The van der Waals surface area contributed by atoms with Crippen molar-refractivity contribution in [3.05, 3.63) is 72.6 Å². The molecule has 3 heteroatoms. The molecule has 0 saturated carbocycles. The van der Waals surface area contributed by atoms with Gasteiger partial charge in [-0.05, 0) is 117 Å². The van der Waals surface area contributed by atoms with Crippen LogP contribution in [0.1, 0.15) is 174 Å². The van der Waals surface area contributed by atoms with Crippen LogP contribution >= 0.6 is 0 Å². The highest BCUT2D eigenvalue weighted by atomic mass is 16.5. The van der Waals surface area contributed by atoms with Gasteiger partial charge in [-0.1, -0.05) is 132 Å². The number of carbonyl (C=O) groups excluding carboxylic acids is 1. The maximum Gasteiger partial charge on any atom is 0.310 e. The minimum atomic E-state index is -0.0648. The Morgan fingerprint density at radius 1 is 0.500 bits per heavy atom. The standard InChI is InChI=1S/C43H75NO2/c1-5-7-9-11-13-15-17-19-21-23-25-27-29-31-33-35-38-42(46-43(45)40-37-41-44(3)4)39-36-34-32-30-28-26-24-22-20-18-16-14-12-10-8-6-2/h7,9,13-16,19-22,39H,5-6,8,10-12,17-18,23-38,40-41H2,1-4H3/b9-7-,15-13-,16-14-,21-19-,22-20-,42-39+. The number of ether oxygens (including phenoxy) is 1. The molecule has 3 nitrogen and oxygen atoms in total. The molecule has 0 fully saturated rings. The molecule has 0 aromatic heterocycles. The average Bonchev–Trinajstić information content (AvgIpc) is 3.04. The first-order valence-corrected chi connectivity index (χ1v) is 19.4. The van der Waals surface area contributed by atoms with Crippen LogP contribution in [0.2, 0.25) is 0 Å². The van der Waals surface area contributed by atoms with Gasteiger partial charge in [-0.2, -0.15) is 0 Å². The van der Waals surface area contributed by atoms with Crippen molar-refractivity contribution in [1.29, 1.82) is 0 Å². The summed E-state index contributed by atoms with van der Waals surface area (Å²) in [6.07, 6.45) is 54.1. The summed E-state index contributed by atoms with van der Waals surface area (Å²) in [6.45, 7) is 5.35. The van der Waals surface area contributed by atoms with E-state index in [0.29, 0.717) is 6.42 Å². The lowest BCUT2D eigenvalue weighted by molar-refractivity contribution is -0.139. The monoisotopic (exact) mass is 638 g/mol. The van der Waals surface area contributed by atoms with Gasteiger partial charge in [-0.25, -0.2) is 0 Å². The van der Waals surface area contributed by atoms with Gasteiger partial charge in [0.1, 0.15) is 5.76 Å². The minimum Gasteiger partial charge on any atom is -0.431 e. The van der Waals surface area contributed by atoms with Crippen molar-refractivity contribution in [2.45, 2.75) is 174 Å². The van der Waals surface area contributed by atoms with Crippen LogP contribution in [-0.2, 0) is 9.53 Å². The summed E-state index contributed by atoms with van der Waals surface area (Å²) in [4.78, 5) is 14.6. The van der Waals surface area contributed by atoms with Crippen molar-refractivity contribution in [2.75, 3.05) is 20.6 Å². The summed E-state index contributed by atoms with van der Waals surface area (Å²) in [5.74, 6) is 0.852. The molecule has 0 amide bonds. The quantitative estimate of drug-likeness (QED) is 0.0310. The third-order valence-electron chi connectivity index (χ3n) is 8.08. The van der Waals surface area contributed by atoms with Crippen LogP contribution in [-0.4, -0.2) is 31.5 Å². The van der Waals surface area contributed by atoms with E-state index >= 15 is 0 Å². The summed E-state index contributed by atoms with van der Waals surface area (Å²) in [7, 11) is 4.10. The van der Waals surface area contributed by atoms with Gasteiger partial charge < -0.3 is 9.64 Å². The topological polar surface area (TPSA) is 29.5 Å². The number of hydrogen-bond donors (Lipinski definition) is 0. The van der Waals surface area contributed by atoms with E-state index in [0.717, 1.165) is 63.7 Å². The predicted octanol–water partition coefficient (Wildman–Crippen LogP) is 13.5. The third kappa shape index (κ3) is 36.3. The fourth-order valence-electron chi connectivity index (χ4n) is 5.25. The molecule has 0 atom stereocenters. The smallest absolute Gasteiger partial charge is 0.310 e. The highest BCUT2D eigenvalue weighted by Crippen LogP contribution is 2.17. The molecule has 264 valence electrons. The first-order valence-electron chi connectivity index (χ1n) is 19.4. The Hall–Kier alpha value is -2.13. The van der Waals surface area contributed by atoms with Crippen LogP contribution in [0.5, 0.6) is 0 Å². The molecule has 0 saturated heterocycles. The lowest BCUT2D eigenvalue weighted by atomic mass is 10.1. The molecular formula is C43H75NO2. The molecule has 0 aliphatic heterocycles. The molecule has 46 heavy (non-hydrogen) atoms. The minimum absolute atomic E-state index is 0.0648. The highest BCUT2D eigenvalue weighted by molar-refractivity contribution is 5.70. The second kappa shape index (κ2) is 37.3. The summed E-state index contributed by atoms with van der Waals surface area (Å²) in [6, 6.07) is 0. The molecule has 0 N–H and O–H groups in total. The van der Waals surface area contributed by atoms with E-state index in [-0.39, 0.29) is 5.97 Å². The van der Waals surface area contributed by atoms with Gasteiger partial charge in [-0.3, -0.25) is 4.79 Å². The van der Waals surface area contributed by atoms with Gasteiger partial charge in [0.05, 0.1) is 0 Å². The van der Waals surface area contributed by atoms with E-state index in [1.807, 2.05) is 14.1 Å². The van der Waals surface area contributed by atoms with Crippen molar-refractivity contribution in [2.24, 2.45) is 0 Å². The Morgan fingerprint density at radius 2 is 0.957 bits per heavy atom. The summed E-state index contributed by atoms with van der Waals surface area (Å²) >= 11 is 0. The maximum atomic E-state index is 12.5. The zero-order chi connectivity index (χ0) is 33.6. The SMILES string of the molecule is CC/C=C\C/C=C\C/C=C\CCCCCCCC/C(=C\CCCCCCC/C=C\C/C=C\CCCCC)OC(=O)CCCN(C)C. The molecular weight excluding hydrogens is 562 g/mol. The van der Waals surface area contributed by atoms with Gasteiger partial charge in [0, 0.05) is 12.8 Å². The normalized spacial score (nSPS) is 12.8. The van der Waals surface area contributed by atoms with Crippen LogP contribution in [0.25, 0.3) is 0 Å². The summed E-state index contributed by atoms with van der Waals surface area (Å²) < 4.78 is 5.86. The second-order valence-corrected chi connectivity index (χ2v) is 13.0. The van der Waals surface area contributed by atoms with Gasteiger partial charge >= 0.3 is 5.97 Å². The summed E-state index contributed by atoms with van der Waals surface area (Å²) in [5, 5.41) is 0. The number of rotatable bonds is 33. The van der Waals surface area contributed by atoms with E-state index < -0.39 is 0 Å². The van der Waals surface area contributed by atoms with E-state index in [9.17, 15) is 4.79 Å². The number of esters is 1. The molecule has 0 aliphatic rings. The first-order chi connectivity index (χ1) is 22.6. The van der Waals surface area contributed by atoms with E-state index in [1.165, 1.54) is 103 Å². The number of hydrogen-bond acceptors (Lipinski definition) is 3. The van der Waals surface area contributed by atoms with Crippen LogP contribution in [0.3, 0.4) is 0 Å². The molecule has 0 spiro atoms. The Kier molecular flexibility index (Phi) is 35.6. The fourth-order valence-corrected chi connectivity index (χ4v) is 5.25. The Balaban J connectivity index is 4.12. The van der Waals surface area contributed by atoms with Gasteiger partial charge in [0.25, 0.3) is 0 Å². The highest BCUT2D eigenvalue weighted by Gasteiger charge is 2.08. The number of allylic oxidation sites excluding steroid dienone is 12. The lowest BCUT2D eigenvalue weighted by Gasteiger charge is -2.11. The molecule has 0 bridgehead atoms. The Labute approximate surface area is 287 Å². The first kappa shape index (κ1) is 43.9. The van der Waals surface area contributed by atoms with Crippen LogP contribution in [0.4, 0.5) is 0 Å². The predicted molar refractivity (Wildman–Crippen MR) is 205 cm³/mol. The van der Waals surface area contributed by atoms with Crippen molar-refractivity contribution in [3.63, 3.8) is 0 Å². The van der Waals surface area contributed by atoms with E-state index in [2.05, 4.69) is 85.6 Å². The van der Waals surface area contributed by atoms with Crippen molar-refractivity contribution in [3.8, 4) is 0 Å².